The van der Waals surface area contributed by atoms with E-state index in [-0.39, 0.29) is 30.2 Å². The van der Waals surface area contributed by atoms with Crippen LogP contribution in [-0.4, -0.2) is 30.5 Å². The number of carbonyl (C=O) groups is 1. The highest BCUT2D eigenvalue weighted by Crippen LogP contribution is 2.47. The average Bonchev–Trinajstić information content (AvgIpc) is 3.51. The number of aliphatic hydroxyl groups is 1. The zero-order valence-electron chi connectivity index (χ0n) is 15.7. The van der Waals surface area contributed by atoms with E-state index in [4.69, 9.17) is 9.47 Å². The van der Waals surface area contributed by atoms with Crippen molar-refractivity contribution in [3.63, 3.8) is 0 Å². The number of aliphatic hydroxyl groups excluding tert-OH is 1. The smallest absolute Gasteiger partial charge is 0.286 e. The molecular weight excluding hydrogens is 349 g/mol. The fourth-order valence-electron chi connectivity index (χ4n) is 3.68. The van der Waals surface area contributed by atoms with Crippen LogP contribution < -0.4 is 5.32 Å². The number of hydrogen-bond donors (Lipinski definition) is 2. The molecule has 3 rings (SSSR count). The number of hydrogen-bond acceptors (Lipinski definition) is 4. The lowest BCUT2D eigenvalue weighted by Gasteiger charge is -2.37. The Kier molecular flexibility index (Phi) is 6.85. The molecule has 5 nitrogen and oxygen atoms in total. The minimum atomic E-state index is -0.469. The number of rotatable bonds is 9. The second-order valence-electron chi connectivity index (χ2n) is 7.23. The van der Waals surface area contributed by atoms with Crippen LogP contribution in [0.5, 0.6) is 0 Å². The van der Waals surface area contributed by atoms with Gasteiger partial charge >= 0.3 is 0 Å². The van der Waals surface area contributed by atoms with Crippen molar-refractivity contribution >= 4 is 5.91 Å². The molecule has 0 saturated heterocycles. The molecule has 0 aromatic heterocycles. The summed E-state index contributed by atoms with van der Waals surface area (Å²) in [5.74, 6) is 0.652. The molecule has 2 N–H and O–H groups in total. The van der Waals surface area contributed by atoms with Crippen molar-refractivity contribution in [1.29, 1.82) is 0 Å². The number of ether oxygens (including phenoxy) is 2. The Morgan fingerprint density at radius 1 is 1.33 bits per heavy atom. The van der Waals surface area contributed by atoms with E-state index in [0.29, 0.717) is 31.2 Å². The molecule has 1 amide bonds. The van der Waals surface area contributed by atoms with Gasteiger partial charge in [-0.05, 0) is 68.2 Å². The predicted octanol–water partition coefficient (Wildman–Crippen LogP) is 3.13. The van der Waals surface area contributed by atoms with Gasteiger partial charge in [0.15, 0.2) is 5.76 Å². The monoisotopic (exact) mass is 377 g/mol. The van der Waals surface area contributed by atoms with Gasteiger partial charge in [0, 0.05) is 25.7 Å². The van der Waals surface area contributed by atoms with Gasteiger partial charge in [-0.1, -0.05) is 12.1 Å². The SMILES string of the molecule is CCO[C@H]1OC(C(=O)NCc2ccc(F)cc2)=C[C@@H](C2CC2)[C@@H]1CCCO. The Labute approximate surface area is 159 Å². The normalized spacial score (nSPS) is 24.9. The summed E-state index contributed by atoms with van der Waals surface area (Å²) in [6, 6.07) is 6.04. The number of carbonyl (C=O) groups excluding carboxylic acids is 1. The molecule has 1 fully saturated rings. The van der Waals surface area contributed by atoms with Crippen LogP contribution in [0, 0.1) is 23.6 Å². The van der Waals surface area contributed by atoms with Crippen LogP contribution in [0.15, 0.2) is 36.1 Å². The Balaban J connectivity index is 1.68. The molecule has 1 aliphatic carbocycles. The van der Waals surface area contributed by atoms with Crippen LogP contribution in [0.25, 0.3) is 0 Å². The molecule has 0 bridgehead atoms. The van der Waals surface area contributed by atoms with Crippen LogP contribution >= 0.6 is 0 Å². The van der Waals surface area contributed by atoms with Crippen molar-refractivity contribution in [3.05, 3.63) is 47.5 Å². The van der Waals surface area contributed by atoms with Gasteiger partial charge in [-0.2, -0.15) is 0 Å². The molecule has 148 valence electrons. The summed E-state index contributed by atoms with van der Waals surface area (Å²) in [7, 11) is 0. The number of allylic oxidation sites excluding steroid dienone is 1. The third-order valence-electron chi connectivity index (χ3n) is 5.21. The van der Waals surface area contributed by atoms with Crippen molar-refractivity contribution < 1.29 is 23.8 Å². The predicted molar refractivity (Wildman–Crippen MR) is 98.9 cm³/mol. The highest BCUT2D eigenvalue weighted by Gasteiger charge is 2.43. The molecule has 2 aliphatic rings. The van der Waals surface area contributed by atoms with Gasteiger partial charge in [0.25, 0.3) is 5.91 Å². The largest absolute Gasteiger partial charge is 0.459 e. The molecule has 0 unspecified atom stereocenters. The first-order valence-corrected chi connectivity index (χ1v) is 9.76. The van der Waals surface area contributed by atoms with E-state index in [1.807, 2.05) is 13.0 Å². The van der Waals surface area contributed by atoms with Crippen LogP contribution in [0.1, 0.15) is 38.2 Å². The number of halogens is 1. The van der Waals surface area contributed by atoms with Crippen LogP contribution in [0.2, 0.25) is 0 Å². The van der Waals surface area contributed by atoms with Crippen molar-refractivity contribution in [2.75, 3.05) is 13.2 Å². The number of benzene rings is 1. The summed E-state index contributed by atoms with van der Waals surface area (Å²) in [4.78, 5) is 12.6. The third kappa shape index (κ3) is 5.30. The molecule has 1 aromatic rings. The van der Waals surface area contributed by atoms with E-state index in [9.17, 15) is 14.3 Å². The zero-order chi connectivity index (χ0) is 19.2. The molecule has 1 aliphatic heterocycles. The standard InChI is InChI=1S/C21H28FNO4/c1-2-26-21-17(4-3-11-24)18(15-7-8-15)12-19(27-21)20(25)23-13-14-5-9-16(22)10-6-14/h5-6,9-10,12,15,17-18,21,24H,2-4,7-8,11,13H2,1H3,(H,23,25)/t17-,18-,21-/m0/s1. The quantitative estimate of drug-likeness (QED) is 0.694. The lowest BCUT2D eigenvalue weighted by Crippen LogP contribution is -2.40. The lowest BCUT2D eigenvalue weighted by atomic mass is 9.82. The highest BCUT2D eigenvalue weighted by molar-refractivity contribution is 5.91. The van der Waals surface area contributed by atoms with Crippen molar-refractivity contribution in [2.45, 2.75) is 45.4 Å². The first kappa shape index (κ1) is 19.8. The topological polar surface area (TPSA) is 67.8 Å². The second kappa shape index (κ2) is 9.33. The minimum Gasteiger partial charge on any atom is -0.459 e. The summed E-state index contributed by atoms with van der Waals surface area (Å²) in [6.45, 7) is 2.86. The van der Waals surface area contributed by atoms with Gasteiger partial charge in [0.1, 0.15) is 5.82 Å². The van der Waals surface area contributed by atoms with E-state index in [1.54, 1.807) is 12.1 Å². The van der Waals surface area contributed by atoms with Crippen LogP contribution in [0.3, 0.4) is 0 Å². The number of nitrogens with one attached hydrogen (secondary N) is 1. The van der Waals surface area contributed by atoms with Gasteiger partial charge in [0.05, 0.1) is 0 Å². The lowest BCUT2D eigenvalue weighted by molar-refractivity contribution is -0.173. The summed E-state index contributed by atoms with van der Waals surface area (Å²) < 4.78 is 24.7. The second-order valence-corrected chi connectivity index (χ2v) is 7.23. The van der Waals surface area contributed by atoms with Gasteiger partial charge in [-0.25, -0.2) is 4.39 Å². The Morgan fingerprint density at radius 3 is 2.70 bits per heavy atom. The zero-order valence-corrected chi connectivity index (χ0v) is 15.7. The molecule has 1 saturated carbocycles. The van der Waals surface area contributed by atoms with Crippen molar-refractivity contribution in [1.82, 2.24) is 5.32 Å². The van der Waals surface area contributed by atoms with Crippen molar-refractivity contribution in [3.8, 4) is 0 Å². The Morgan fingerprint density at radius 2 is 2.07 bits per heavy atom. The molecule has 6 heteroatoms. The molecule has 1 aromatic carbocycles. The third-order valence-corrected chi connectivity index (χ3v) is 5.21. The molecular formula is C21H28FNO4. The Bertz CT molecular complexity index is 657. The van der Waals surface area contributed by atoms with Crippen LogP contribution in [0.4, 0.5) is 4.39 Å². The van der Waals surface area contributed by atoms with Gasteiger partial charge in [-0.3, -0.25) is 4.79 Å². The van der Waals surface area contributed by atoms with E-state index in [0.717, 1.165) is 24.8 Å². The Hall–Kier alpha value is -1.92. The molecule has 3 atom stereocenters. The summed E-state index contributed by atoms with van der Waals surface area (Å²) in [5, 5.41) is 12.0. The van der Waals surface area contributed by atoms with Gasteiger partial charge in [0.2, 0.25) is 6.29 Å². The maximum absolute atomic E-state index is 13.0. The fraction of sp³-hybridized carbons (Fsp3) is 0.571. The molecule has 27 heavy (non-hydrogen) atoms. The van der Waals surface area contributed by atoms with E-state index < -0.39 is 6.29 Å². The number of amides is 1. The van der Waals surface area contributed by atoms with Gasteiger partial charge in [-0.15, -0.1) is 0 Å². The van der Waals surface area contributed by atoms with Crippen molar-refractivity contribution in [2.24, 2.45) is 17.8 Å². The average molecular weight is 377 g/mol. The summed E-state index contributed by atoms with van der Waals surface area (Å²) in [6.07, 6.45) is 5.28. The maximum Gasteiger partial charge on any atom is 0.286 e. The fourth-order valence-corrected chi connectivity index (χ4v) is 3.68. The minimum absolute atomic E-state index is 0.140. The first-order chi connectivity index (χ1) is 13.1. The van der Waals surface area contributed by atoms with E-state index >= 15 is 0 Å². The first-order valence-electron chi connectivity index (χ1n) is 9.76. The summed E-state index contributed by atoms with van der Waals surface area (Å²) >= 11 is 0. The van der Waals surface area contributed by atoms with Gasteiger partial charge < -0.3 is 19.9 Å². The van der Waals surface area contributed by atoms with E-state index in [2.05, 4.69) is 5.32 Å². The molecule has 0 spiro atoms. The van der Waals surface area contributed by atoms with Crippen LogP contribution in [-0.2, 0) is 20.8 Å². The highest BCUT2D eigenvalue weighted by atomic mass is 19.1. The summed E-state index contributed by atoms with van der Waals surface area (Å²) in [5.41, 5.74) is 0.821. The molecule has 1 heterocycles. The molecule has 0 radical (unpaired) electrons. The maximum atomic E-state index is 13.0. The van der Waals surface area contributed by atoms with E-state index in [1.165, 1.54) is 12.1 Å².